The van der Waals surface area contributed by atoms with Gasteiger partial charge in [-0.25, -0.2) is 0 Å². The maximum atomic E-state index is 10.6. The molecule has 8 aromatic carbocycles. The van der Waals surface area contributed by atoms with Crippen molar-refractivity contribution in [3.05, 3.63) is 190 Å². The lowest BCUT2D eigenvalue weighted by atomic mass is 10.0. The van der Waals surface area contributed by atoms with E-state index in [2.05, 4.69) is 286 Å². The number of unbranched alkanes of at least 4 members (excludes halogenated alkanes) is 52. The fourth-order valence-electron chi connectivity index (χ4n) is 20.9. The molecule has 0 unspecified atom stereocenters. The van der Waals surface area contributed by atoms with Gasteiger partial charge in [0.05, 0.1) is 0 Å². The first-order valence-electron chi connectivity index (χ1n) is 56.5. The SMILES string of the molecule is CCCCCCCCCCCCCCCCn1c2ccc(C#CC#Cc3ccc4c(c3)c3cc(C#CC#Cc5ccc6c(c5)c5cc(C#CC(C)(C)O)ccc5n6CCCCCCCCCCCCCCCC)ccc3n4CCCCCCCCCCCCCCCC)cc2c2cc(C#CC#Cc3ccc4c(c3)c3cc(C#CC(C)(C)O)ccc3n4CCCCCCCCCCCCCCCC)ccc21. The molecule has 0 saturated carbocycles. The zero-order chi connectivity index (χ0) is 97.9. The molecule has 0 spiro atoms. The van der Waals surface area contributed by atoms with Crippen molar-refractivity contribution >= 4 is 87.2 Å². The Bertz CT molecular complexity index is 6050. The highest BCUT2D eigenvalue weighted by Gasteiger charge is 2.19. The van der Waals surface area contributed by atoms with Crippen molar-refractivity contribution in [3.63, 3.8) is 0 Å². The third-order valence-corrected chi connectivity index (χ3v) is 28.9. The quantitative estimate of drug-likeness (QED) is 0.0295. The predicted molar refractivity (Wildman–Crippen MR) is 607 cm³/mol. The van der Waals surface area contributed by atoms with Crippen LogP contribution in [0.25, 0.3) is 87.2 Å². The molecule has 4 heterocycles. The van der Waals surface area contributed by atoms with Crippen molar-refractivity contribution in [2.45, 2.75) is 452 Å². The largest absolute Gasteiger partial charge is 0.378 e. The van der Waals surface area contributed by atoms with Crippen LogP contribution in [-0.4, -0.2) is 39.7 Å². The molecular weight excluding hydrogens is 1700 g/mol. The van der Waals surface area contributed by atoms with Crippen LogP contribution in [0.3, 0.4) is 0 Å². The van der Waals surface area contributed by atoms with Gasteiger partial charge in [-0.1, -0.05) is 421 Å². The normalized spacial score (nSPS) is 11.5. The predicted octanol–water partition coefficient (Wildman–Crippen LogP) is 36.5. The number of aromatic nitrogens is 4. The number of hydrogen-bond donors (Lipinski definition) is 2. The van der Waals surface area contributed by atoms with Crippen LogP contribution in [0, 0.1) is 94.7 Å². The molecule has 0 aliphatic heterocycles. The molecule has 4 aromatic heterocycles. The summed E-state index contributed by atoms with van der Waals surface area (Å²) in [5, 5.41) is 30.4. The molecule has 0 amide bonds. The van der Waals surface area contributed by atoms with E-state index in [1.807, 2.05) is 0 Å². The number of rotatable bonds is 60. The average molecular weight is 1870 g/mol. The van der Waals surface area contributed by atoms with Crippen molar-refractivity contribution in [2.24, 2.45) is 0 Å². The molecule has 0 aliphatic rings. The van der Waals surface area contributed by atoms with Crippen molar-refractivity contribution in [1.29, 1.82) is 0 Å². The van der Waals surface area contributed by atoms with Gasteiger partial charge in [0.1, 0.15) is 11.2 Å². The maximum absolute atomic E-state index is 10.6. The average Bonchev–Trinajstić information content (AvgIpc) is 1.62. The van der Waals surface area contributed by atoms with Gasteiger partial charge in [-0.15, -0.1) is 0 Å². The lowest BCUT2D eigenvalue weighted by molar-refractivity contribution is 0.143. The summed E-state index contributed by atoms with van der Waals surface area (Å²) in [7, 11) is 0. The van der Waals surface area contributed by atoms with E-state index in [1.54, 1.807) is 27.7 Å². The Morgan fingerprint density at radius 1 is 0.171 bits per heavy atom. The first kappa shape index (κ1) is 108. The summed E-state index contributed by atoms with van der Waals surface area (Å²) in [6, 6.07) is 53.1. The minimum absolute atomic E-state index is 0.890. The van der Waals surface area contributed by atoms with E-state index in [4.69, 9.17) is 0 Å². The molecule has 0 saturated heterocycles. The second kappa shape index (κ2) is 60.6. The Labute approximate surface area is 847 Å². The van der Waals surface area contributed by atoms with Crippen LogP contribution in [0.2, 0.25) is 0 Å². The summed E-state index contributed by atoms with van der Waals surface area (Å²) < 4.78 is 10.1. The molecule has 140 heavy (non-hydrogen) atoms. The van der Waals surface area contributed by atoms with Crippen LogP contribution in [0.5, 0.6) is 0 Å². The van der Waals surface area contributed by atoms with Gasteiger partial charge in [0.25, 0.3) is 0 Å². The highest BCUT2D eigenvalue weighted by atomic mass is 16.3. The van der Waals surface area contributed by atoms with Crippen molar-refractivity contribution in [3.8, 4) is 94.7 Å². The third-order valence-electron chi connectivity index (χ3n) is 28.9. The number of nitrogens with zero attached hydrogens (tertiary/aromatic N) is 4. The third kappa shape index (κ3) is 35.8. The van der Waals surface area contributed by atoms with Gasteiger partial charge < -0.3 is 28.5 Å². The molecule has 0 atom stereocenters. The summed E-state index contributed by atoms with van der Waals surface area (Å²) in [4.78, 5) is 0. The summed E-state index contributed by atoms with van der Waals surface area (Å²) in [5.41, 5.74) is 14.9. The number of hydrogen-bond acceptors (Lipinski definition) is 2. The summed E-state index contributed by atoms with van der Waals surface area (Å²) in [5.74, 6) is 53.1. The number of aliphatic hydroxyl groups is 2. The molecule has 0 aliphatic carbocycles. The molecule has 12 aromatic rings. The van der Waals surface area contributed by atoms with E-state index in [1.165, 1.54) is 400 Å². The highest BCUT2D eigenvalue weighted by Crippen LogP contribution is 2.38. The standard InChI is InChI=1S/C134H170N4O2/c1-9-13-17-21-25-29-33-37-41-45-49-53-57-67-97-135-125-85-77-109(101-117(125)119-103-111(79-87-127(119)135)73-63-65-75-113-81-89-129-121(105-113)123-107-115(93-95-133(5,6)139)83-91-131(123)137(129)99-69-59-55-51-47-43-39-35-31-27-23-19-15-11-3)71-61-62-72-110-78-86-126-118(102-110)120-104-112(80-88-128(120)136(126)98-68-58-54-50-46-42-38-34-30-26-22-18-14-10-2)74-64-66-76-114-82-90-130-122(106-114)124-108-116(94-96-134(7,8)140)84-92-132(124)138(130)100-70-60-56-52-48-44-40-36-32-28-24-20-16-12-4/h77-92,101-108,139-140H,9-60,67-70,97-100H2,1-8H3. The molecular formula is C134H170N4O2. The number of benzene rings is 8. The first-order chi connectivity index (χ1) is 68.7. The van der Waals surface area contributed by atoms with Gasteiger partial charge in [-0.2, -0.15) is 0 Å². The van der Waals surface area contributed by atoms with E-state index in [9.17, 15) is 10.2 Å². The van der Waals surface area contributed by atoms with Crippen molar-refractivity contribution in [1.82, 2.24) is 18.3 Å². The molecule has 0 fully saturated rings. The summed E-state index contributed by atoms with van der Waals surface area (Å²) in [6.07, 6.45) is 74.9. The highest BCUT2D eigenvalue weighted by molar-refractivity contribution is 6.12. The lowest BCUT2D eigenvalue weighted by Gasteiger charge is -2.08. The van der Waals surface area contributed by atoms with Gasteiger partial charge in [-0.3, -0.25) is 0 Å². The van der Waals surface area contributed by atoms with Crippen LogP contribution < -0.4 is 0 Å². The van der Waals surface area contributed by atoms with E-state index in [0.29, 0.717) is 0 Å². The Morgan fingerprint density at radius 2 is 0.293 bits per heavy atom. The molecule has 0 bridgehead atoms. The van der Waals surface area contributed by atoms with Crippen LogP contribution in [-0.2, 0) is 26.2 Å². The van der Waals surface area contributed by atoms with Crippen LogP contribution in [0.4, 0.5) is 0 Å². The minimum Gasteiger partial charge on any atom is -0.378 e. The zero-order valence-corrected chi connectivity index (χ0v) is 88.0. The van der Waals surface area contributed by atoms with E-state index < -0.39 is 11.2 Å². The Morgan fingerprint density at radius 3 is 0.421 bits per heavy atom. The summed E-state index contributed by atoms with van der Waals surface area (Å²) >= 11 is 0. The first-order valence-corrected chi connectivity index (χ1v) is 56.5. The molecule has 6 heteroatoms. The van der Waals surface area contributed by atoms with Gasteiger partial charge >= 0.3 is 0 Å². The lowest BCUT2D eigenvalue weighted by Crippen LogP contribution is -2.14. The second-order valence-electron chi connectivity index (χ2n) is 42.0. The maximum Gasteiger partial charge on any atom is 0.120 e. The van der Waals surface area contributed by atoms with Crippen LogP contribution >= 0.6 is 0 Å². The van der Waals surface area contributed by atoms with E-state index in [0.717, 1.165) is 118 Å². The topological polar surface area (TPSA) is 60.2 Å². The van der Waals surface area contributed by atoms with Gasteiger partial charge in [0.2, 0.25) is 0 Å². The smallest absolute Gasteiger partial charge is 0.120 e. The van der Waals surface area contributed by atoms with Gasteiger partial charge in [0, 0.05) is 158 Å². The molecule has 12 rings (SSSR count). The fourth-order valence-corrected chi connectivity index (χ4v) is 20.9. The number of fused-ring (bicyclic) bond motifs is 12. The Kier molecular flexibility index (Phi) is 46.8. The molecule has 2 N–H and O–H groups in total. The zero-order valence-electron chi connectivity index (χ0n) is 88.0. The minimum atomic E-state index is -1.09. The number of aryl methyl sites for hydroxylation is 4. The second-order valence-corrected chi connectivity index (χ2v) is 42.0. The van der Waals surface area contributed by atoms with Crippen molar-refractivity contribution < 1.29 is 10.2 Å². The van der Waals surface area contributed by atoms with Crippen molar-refractivity contribution in [2.75, 3.05) is 0 Å². The fraction of sp³-hybridized carbons (Fsp3) is 0.522. The van der Waals surface area contributed by atoms with Crippen LogP contribution in [0.15, 0.2) is 146 Å². The van der Waals surface area contributed by atoms with E-state index >= 15 is 0 Å². The summed E-state index contributed by atoms with van der Waals surface area (Å²) in [6.45, 7) is 20.0. The Balaban J connectivity index is 0.768. The Hall–Kier alpha value is -10.6. The monoisotopic (exact) mass is 1870 g/mol. The van der Waals surface area contributed by atoms with Gasteiger partial charge in [-0.05, 0) is 234 Å². The van der Waals surface area contributed by atoms with Crippen LogP contribution in [0.1, 0.15) is 459 Å². The molecule has 0 radical (unpaired) electrons. The molecule has 738 valence electrons. The molecule has 6 nitrogen and oxygen atoms in total. The van der Waals surface area contributed by atoms with Gasteiger partial charge in [0.15, 0.2) is 0 Å². The van der Waals surface area contributed by atoms with E-state index in [-0.39, 0.29) is 0 Å².